The number of carbonyl (C=O) groups is 2. The van der Waals surface area contributed by atoms with Crippen molar-refractivity contribution in [3.8, 4) is 0 Å². The predicted molar refractivity (Wildman–Crippen MR) is 93.7 cm³/mol. The Balaban J connectivity index is 1.73. The summed E-state index contributed by atoms with van der Waals surface area (Å²) in [5.41, 5.74) is 0.685. The topological polar surface area (TPSA) is 43.9 Å². The van der Waals surface area contributed by atoms with E-state index in [1.54, 1.807) is 0 Å². The molecule has 3 rings (SSSR count). The van der Waals surface area contributed by atoms with Crippen LogP contribution in [0.25, 0.3) is 0 Å². The summed E-state index contributed by atoms with van der Waals surface area (Å²) in [6, 6.07) is 7.24. The molecule has 1 aromatic carbocycles. The largest absolute Gasteiger partial charge is 0.301 e. The number of likely N-dealkylation sites (N-methyl/N-ethyl adjacent to an activating group) is 1. The minimum atomic E-state index is -0.286. The molecule has 1 aromatic rings. The number of halogens is 1. The zero-order valence-corrected chi connectivity index (χ0v) is 14.8. The summed E-state index contributed by atoms with van der Waals surface area (Å²) < 4.78 is 1.09. The second kappa shape index (κ2) is 6.64. The second-order valence-electron chi connectivity index (χ2n) is 5.73. The minimum Gasteiger partial charge on any atom is -0.301 e. The average molecular weight is 413 g/mol. The molecular formula is C16H20IN3O2. The van der Waals surface area contributed by atoms with Crippen molar-refractivity contribution in [2.24, 2.45) is 0 Å². The SMILES string of the molecule is CCN1CCN(C2CC(=O)N(c3ccc(I)cc3)C2=O)CC1. The fourth-order valence-electron chi connectivity index (χ4n) is 3.15. The first-order valence-electron chi connectivity index (χ1n) is 7.69. The van der Waals surface area contributed by atoms with Gasteiger partial charge >= 0.3 is 0 Å². The molecular weight excluding hydrogens is 393 g/mol. The smallest absolute Gasteiger partial charge is 0.251 e. The standard InChI is InChI=1S/C16H20IN3O2/c1-2-18-7-9-19(10-8-18)14-11-15(21)20(16(14)22)13-5-3-12(17)4-6-13/h3-6,14H,2,7-11H2,1H3. The highest BCUT2D eigenvalue weighted by molar-refractivity contribution is 14.1. The number of imide groups is 1. The zero-order valence-electron chi connectivity index (χ0n) is 12.7. The zero-order chi connectivity index (χ0) is 15.7. The molecule has 6 heteroatoms. The van der Waals surface area contributed by atoms with Crippen molar-refractivity contribution >= 4 is 40.1 Å². The van der Waals surface area contributed by atoms with Crippen molar-refractivity contribution in [3.05, 3.63) is 27.8 Å². The van der Waals surface area contributed by atoms with Gasteiger partial charge in [-0.25, -0.2) is 4.90 Å². The Morgan fingerprint density at radius 3 is 2.32 bits per heavy atom. The molecule has 0 saturated carbocycles. The number of anilines is 1. The Kier molecular flexibility index (Phi) is 4.79. The van der Waals surface area contributed by atoms with E-state index in [-0.39, 0.29) is 17.9 Å². The molecule has 1 unspecified atom stereocenters. The molecule has 1 atom stereocenters. The number of nitrogens with zero attached hydrogens (tertiary/aromatic N) is 3. The van der Waals surface area contributed by atoms with Crippen LogP contribution in [0.15, 0.2) is 24.3 Å². The van der Waals surface area contributed by atoms with Crippen LogP contribution in [0.5, 0.6) is 0 Å². The maximum absolute atomic E-state index is 12.7. The van der Waals surface area contributed by atoms with Crippen molar-refractivity contribution in [3.63, 3.8) is 0 Å². The van der Waals surface area contributed by atoms with E-state index in [9.17, 15) is 9.59 Å². The summed E-state index contributed by atoms with van der Waals surface area (Å²) in [6.07, 6.45) is 0.303. The molecule has 0 aliphatic carbocycles. The molecule has 0 aromatic heterocycles. The number of hydrogen-bond donors (Lipinski definition) is 0. The molecule has 2 aliphatic heterocycles. The van der Waals surface area contributed by atoms with Gasteiger partial charge in [0.05, 0.1) is 18.2 Å². The molecule has 0 spiro atoms. The van der Waals surface area contributed by atoms with Crippen molar-refractivity contribution in [1.29, 1.82) is 0 Å². The van der Waals surface area contributed by atoms with Gasteiger partial charge in [0.2, 0.25) is 5.91 Å². The second-order valence-corrected chi connectivity index (χ2v) is 6.98. The van der Waals surface area contributed by atoms with Crippen LogP contribution in [0.1, 0.15) is 13.3 Å². The third-order valence-electron chi connectivity index (χ3n) is 4.50. The van der Waals surface area contributed by atoms with Crippen LogP contribution >= 0.6 is 22.6 Å². The van der Waals surface area contributed by atoms with E-state index >= 15 is 0 Å². The summed E-state index contributed by atoms with van der Waals surface area (Å²) in [7, 11) is 0. The molecule has 2 amide bonds. The number of amides is 2. The summed E-state index contributed by atoms with van der Waals surface area (Å²) in [6.45, 7) is 6.85. The van der Waals surface area contributed by atoms with Crippen LogP contribution in [0.2, 0.25) is 0 Å². The van der Waals surface area contributed by atoms with E-state index in [0.717, 1.165) is 36.3 Å². The molecule has 0 N–H and O–H groups in total. The van der Waals surface area contributed by atoms with Crippen molar-refractivity contribution in [1.82, 2.24) is 9.80 Å². The number of carbonyl (C=O) groups excluding carboxylic acids is 2. The molecule has 2 heterocycles. The number of rotatable bonds is 3. The first-order valence-corrected chi connectivity index (χ1v) is 8.77. The summed E-state index contributed by atoms with van der Waals surface area (Å²) in [5, 5.41) is 0. The average Bonchev–Trinajstić information content (AvgIpc) is 2.83. The van der Waals surface area contributed by atoms with Crippen LogP contribution in [0.4, 0.5) is 5.69 Å². The van der Waals surface area contributed by atoms with Gasteiger partial charge in [-0.2, -0.15) is 0 Å². The molecule has 22 heavy (non-hydrogen) atoms. The van der Waals surface area contributed by atoms with E-state index in [0.29, 0.717) is 12.1 Å². The molecule has 0 radical (unpaired) electrons. The van der Waals surface area contributed by atoms with Crippen LogP contribution in [0.3, 0.4) is 0 Å². The van der Waals surface area contributed by atoms with Gasteiger partial charge in [-0.05, 0) is 53.4 Å². The summed E-state index contributed by atoms with van der Waals surface area (Å²) in [4.78, 5) is 30.9. The van der Waals surface area contributed by atoms with Crippen LogP contribution in [-0.2, 0) is 9.59 Å². The third kappa shape index (κ3) is 3.04. The first-order chi connectivity index (χ1) is 10.6. The molecule has 5 nitrogen and oxygen atoms in total. The lowest BCUT2D eigenvalue weighted by molar-refractivity contribution is -0.123. The van der Waals surface area contributed by atoms with Crippen molar-refractivity contribution in [2.45, 2.75) is 19.4 Å². The van der Waals surface area contributed by atoms with E-state index in [1.807, 2.05) is 24.3 Å². The fraction of sp³-hybridized carbons (Fsp3) is 0.500. The molecule has 118 valence electrons. The number of benzene rings is 1. The monoisotopic (exact) mass is 413 g/mol. The van der Waals surface area contributed by atoms with Gasteiger partial charge in [-0.3, -0.25) is 14.5 Å². The molecule has 2 aliphatic rings. The lowest BCUT2D eigenvalue weighted by Crippen LogP contribution is -2.52. The quantitative estimate of drug-likeness (QED) is 0.558. The Hall–Kier alpha value is -0.990. The highest BCUT2D eigenvalue weighted by Crippen LogP contribution is 2.26. The predicted octanol–water partition coefficient (Wildman–Crippen LogP) is 1.56. The number of piperazine rings is 1. The van der Waals surface area contributed by atoms with Gasteiger partial charge in [-0.15, -0.1) is 0 Å². The lowest BCUT2D eigenvalue weighted by atomic mass is 10.1. The normalized spacial score (nSPS) is 24.3. The third-order valence-corrected chi connectivity index (χ3v) is 5.22. The lowest BCUT2D eigenvalue weighted by Gasteiger charge is -2.36. The van der Waals surface area contributed by atoms with Gasteiger partial charge in [0, 0.05) is 29.7 Å². The fourth-order valence-corrected chi connectivity index (χ4v) is 3.51. The van der Waals surface area contributed by atoms with Crippen LogP contribution in [-0.4, -0.2) is 60.4 Å². The van der Waals surface area contributed by atoms with Crippen LogP contribution in [0, 0.1) is 3.57 Å². The Bertz CT molecular complexity index is 567. The van der Waals surface area contributed by atoms with Crippen molar-refractivity contribution in [2.75, 3.05) is 37.6 Å². The van der Waals surface area contributed by atoms with Gasteiger partial charge in [-0.1, -0.05) is 6.92 Å². The van der Waals surface area contributed by atoms with Crippen molar-refractivity contribution < 1.29 is 9.59 Å². The highest BCUT2D eigenvalue weighted by Gasteiger charge is 2.43. The summed E-state index contributed by atoms with van der Waals surface area (Å²) >= 11 is 2.21. The molecule has 0 bridgehead atoms. The van der Waals surface area contributed by atoms with E-state index in [2.05, 4.69) is 39.3 Å². The highest BCUT2D eigenvalue weighted by atomic mass is 127. The van der Waals surface area contributed by atoms with Gasteiger partial charge in [0.1, 0.15) is 0 Å². The van der Waals surface area contributed by atoms with Crippen LogP contribution < -0.4 is 4.90 Å². The maximum atomic E-state index is 12.7. The Morgan fingerprint density at radius 2 is 1.73 bits per heavy atom. The molecule has 2 saturated heterocycles. The number of hydrogen-bond acceptors (Lipinski definition) is 4. The van der Waals surface area contributed by atoms with E-state index in [1.165, 1.54) is 4.90 Å². The van der Waals surface area contributed by atoms with E-state index < -0.39 is 0 Å². The first kappa shape index (κ1) is 15.9. The van der Waals surface area contributed by atoms with Gasteiger partial charge in [0.25, 0.3) is 5.91 Å². The Morgan fingerprint density at radius 1 is 1.09 bits per heavy atom. The maximum Gasteiger partial charge on any atom is 0.251 e. The molecule has 2 fully saturated rings. The minimum absolute atomic E-state index is 0.0730. The van der Waals surface area contributed by atoms with E-state index in [4.69, 9.17) is 0 Å². The Labute approximate surface area is 144 Å². The summed E-state index contributed by atoms with van der Waals surface area (Å²) in [5.74, 6) is -0.162. The van der Waals surface area contributed by atoms with Gasteiger partial charge in [0.15, 0.2) is 0 Å². The van der Waals surface area contributed by atoms with Gasteiger partial charge < -0.3 is 4.90 Å².